The molecule has 2 aromatic carbocycles. The Bertz CT molecular complexity index is 847. The monoisotopic (exact) mass is 379 g/mol. The molecule has 1 unspecified atom stereocenters. The fourth-order valence-corrected chi connectivity index (χ4v) is 3.14. The predicted molar refractivity (Wildman–Crippen MR) is 93.7 cm³/mol. The number of hydrogen-bond donors (Lipinski definition) is 1. The molecule has 1 fully saturated rings. The zero-order valence-electron chi connectivity index (χ0n) is 15.0. The highest BCUT2D eigenvalue weighted by Crippen LogP contribution is 2.39. The van der Waals surface area contributed by atoms with Crippen molar-refractivity contribution in [3.05, 3.63) is 59.2 Å². The van der Waals surface area contributed by atoms with Gasteiger partial charge in [0.05, 0.1) is 24.3 Å². The molecule has 4 nitrogen and oxygen atoms in total. The molecule has 7 heteroatoms. The number of alkyl halides is 3. The van der Waals surface area contributed by atoms with Crippen molar-refractivity contribution in [2.75, 3.05) is 7.11 Å². The fraction of sp³-hybridized carbons (Fsp3) is 0.350. The Hall–Kier alpha value is -2.70. The Kier molecular flexibility index (Phi) is 5.04. The molecule has 27 heavy (non-hydrogen) atoms. The van der Waals surface area contributed by atoms with Crippen molar-refractivity contribution in [2.45, 2.75) is 38.0 Å². The van der Waals surface area contributed by atoms with E-state index in [1.807, 2.05) is 0 Å². The molecule has 1 aliphatic rings. The number of methoxy groups -OCH3 is 1. The Morgan fingerprint density at radius 1 is 1.22 bits per heavy atom. The number of para-hydroxylation sites is 1. The summed E-state index contributed by atoms with van der Waals surface area (Å²) < 4.78 is 44.2. The predicted octanol–water partition coefficient (Wildman–Crippen LogP) is 4.79. The molecule has 1 amide bonds. The molecule has 0 spiro atoms. The smallest absolute Gasteiger partial charge is 0.416 e. The average molecular weight is 379 g/mol. The summed E-state index contributed by atoms with van der Waals surface area (Å²) in [5, 5.41) is 10.3. The van der Waals surface area contributed by atoms with Crippen LogP contribution in [0.5, 0.6) is 11.5 Å². The van der Waals surface area contributed by atoms with Gasteiger partial charge in [0.1, 0.15) is 0 Å². The number of halogens is 3. The third kappa shape index (κ3) is 3.86. The van der Waals surface area contributed by atoms with Crippen molar-refractivity contribution >= 4 is 5.91 Å². The number of benzene rings is 2. The van der Waals surface area contributed by atoms with Crippen LogP contribution in [0.2, 0.25) is 0 Å². The topological polar surface area (TPSA) is 49.8 Å². The number of phenolic OH excluding ortho intramolecular Hbond substituents is 1. The summed E-state index contributed by atoms with van der Waals surface area (Å²) in [6.45, 7) is 1.70. The number of ether oxygens (including phenoxy) is 1. The van der Waals surface area contributed by atoms with Crippen LogP contribution < -0.4 is 4.74 Å². The van der Waals surface area contributed by atoms with Crippen LogP contribution in [-0.4, -0.2) is 29.1 Å². The normalized spacial score (nSPS) is 15.3. The van der Waals surface area contributed by atoms with Crippen LogP contribution in [0.4, 0.5) is 13.2 Å². The summed E-state index contributed by atoms with van der Waals surface area (Å²) >= 11 is 0. The second kappa shape index (κ2) is 7.13. The zero-order valence-corrected chi connectivity index (χ0v) is 15.0. The van der Waals surface area contributed by atoms with E-state index in [0.29, 0.717) is 5.56 Å². The maximum Gasteiger partial charge on any atom is 0.416 e. The molecule has 3 rings (SSSR count). The number of carbonyl (C=O) groups is 1. The first kappa shape index (κ1) is 19.1. The maximum absolute atomic E-state index is 13.1. The van der Waals surface area contributed by atoms with Gasteiger partial charge in [-0.15, -0.1) is 0 Å². The van der Waals surface area contributed by atoms with Crippen LogP contribution in [-0.2, 0) is 6.18 Å². The van der Waals surface area contributed by atoms with E-state index in [1.54, 1.807) is 24.0 Å². The lowest BCUT2D eigenvalue weighted by Gasteiger charge is -2.30. The summed E-state index contributed by atoms with van der Waals surface area (Å²) in [6.07, 6.45) is -2.89. The van der Waals surface area contributed by atoms with Crippen LogP contribution in [0.1, 0.15) is 47.3 Å². The van der Waals surface area contributed by atoms with Crippen molar-refractivity contribution < 1.29 is 27.8 Å². The fourth-order valence-electron chi connectivity index (χ4n) is 3.14. The minimum Gasteiger partial charge on any atom is -0.504 e. The molecular formula is C20H20F3NO3. The molecule has 2 aromatic rings. The van der Waals surface area contributed by atoms with Gasteiger partial charge < -0.3 is 14.7 Å². The summed E-state index contributed by atoms with van der Waals surface area (Å²) in [7, 11) is 1.38. The average Bonchev–Trinajstić information content (AvgIpc) is 3.46. The Labute approximate surface area is 155 Å². The first-order valence-corrected chi connectivity index (χ1v) is 8.59. The molecule has 0 radical (unpaired) electrons. The van der Waals surface area contributed by atoms with E-state index in [2.05, 4.69) is 0 Å². The summed E-state index contributed by atoms with van der Waals surface area (Å²) in [6, 6.07) is 8.96. The molecule has 1 aliphatic carbocycles. The Morgan fingerprint density at radius 3 is 2.48 bits per heavy atom. The van der Waals surface area contributed by atoms with Crippen LogP contribution >= 0.6 is 0 Å². The van der Waals surface area contributed by atoms with Gasteiger partial charge in [-0.05, 0) is 49.6 Å². The van der Waals surface area contributed by atoms with Gasteiger partial charge in [-0.3, -0.25) is 4.79 Å². The molecule has 0 aromatic heterocycles. The minimum absolute atomic E-state index is 0.0624. The molecule has 0 saturated heterocycles. The summed E-state index contributed by atoms with van der Waals surface area (Å²) in [5.74, 6) is -0.533. The molecule has 0 heterocycles. The number of carbonyl (C=O) groups excluding carboxylic acids is 1. The number of phenols is 1. The standard InChI is InChI=1S/C20H20F3NO3/c1-12(13-5-3-6-14(11-13)20(21,22)23)24(15-9-10-15)19(26)16-7-4-8-17(27-2)18(16)25/h3-8,11-12,15,25H,9-10H2,1-2H3. The van der Waals surface area contributed by atoms with Gasteiger partial charge >= 0.3 is 6.18 Å². The second-order valence-corrected chi connectivity index (χ2v) is 6.60. The molecular weight excluding hydrogens is 359 g/mol. The van der Waals surface area contributed by atoms with Gasteiger partial charge in [0.25, 0.3) is 5.91 Å². The Morgan fingerprint density at radius 2 is 1.89 bits per heavy atom. The first-order chi connectivity index (χ1) is 12.7. The molecule has 1 N–H and O–H groups in total. The van der Waals surface area contributed by atoms with Crippen molar-refractivity contribution in [3.8, 4) is 11.5 Å². The molecule has 0 aliphatic heterocycles. The van der Waals surface area contributed by atoms with Gasteiger partial charge in [-0.25, -0.2) is 0 Å². The van der Waals surface area contributed by atoms with Crippen LogP contribution in [0, 0.1) is 0 Å². The molecule has 1 saturated carbocycles. The minimum atomic E-state index is -4.45. The van der Waals surface area contributed by atoms with Gasteiger partial charge in [0.2, 0.25) is 0 Å². The SMILES string of the molecule is COc1cccc(C(=O)N(C2CC2)C(C)c2cccc(C(F)(F)F)c2)c1O. The van der Waals surface area contributed by atoms with Gasteiger partial charge in [0.15, 0.2) is 11.5 Å². The van der Waals surface area contributed by atoms with Crippen molar-refractivity contribution in [1.82, 2.24) is 4.90 Å². The lowest BCUT2D eigenvalue weighted by Crippen LogP contribution is -2.35. The quantitative estimate of drug-likeness (QED) is 0.813. The third-order valence-corrected chi connectivity index (χ3v) is 4.74. The van der Waals surface area contributed by atoms with Crippen molar-refractivity contribution in [1.29, 1.82) is 0 Å². The largest absolute Gasteiger partial charge is 0.504 e. The third-order valence-electron chi connectivity index (χ3n) is 4.74. The second-order valence-electron chi connectivity index (χ2n) is 6.60. The van der Waals surface area contributed by atoms with Crippen molar-refractivity contribution in [2.24, 2.45) is 0 Å². The van der Waals surface area contributed by atoms with E-state index < -0.39 is 23.7 Å². The number of amides is 1. The highest BCUT2D eigenvalue weighted by Gasteiger charge is 2.38. The highest BCUT2D eigenvalue weighted by molar-refractivity contribution is 5.98. The van der Waals surface area contributed by atoms with Crippen LogP contribution in [0.25, 0.3) is 0 Å². The van der Waals surface area contributed by atoms with E-state index in [9.17, 15) is 23.1 Å². The first-order valence-electron chi connectivity index (χ1n) is 8.59. The van der Waals surface area contributed by atoms with Crippen LogP contribution in [0.15, 0.2) is 42.5 Å². The number of aromatic hydroxyl groups is 1. The zero-order chi connectivity index (χ0) is 19.8. The van der Waals surface area contributed by atoms with E-state index in [1.165, 1.54) is 25.3 Å². The summed E-state index contributed by atoms with van der Waals surface area (Å²) in [5.41, 5.74) is -0.285. The summed E-state index contributed by atoms with van der Waals surface area (Å²) in [4.78, 5) is 14.6. The van der Waals surface area contributed by atoms with E-state index in [0.717, 1.165) is 25.0 Å². The molecule has 1 atom stereocenters. The lowest BCUT2D eigenvalue weighted by molar-refractivity contribution is -0.137. The van der Waals surface area contributed by atoms with E-state index in [4.69, 9.17) is 4.74 Å². The number of hydrogen-bond acceptors (Lipinski definition) is 3. The number of nitrogens with zero attached hydrogens (tertiary/aromatic N) is 1. The molecule has 0 bridgehead atoms. The maximum atomic E-state index is 13.1. The highest BCUT2D eigenvalue weighted by atomic mass is 19.4. The lowest BCUT2D eigenvalue weighted by atomic mass is 10.0. The molecule has 144 valence electrons. The number of rotatable bonds is 5. The van der Waals surface area contributed by atoms with E-state index >= 15 is 0 Å². The van der Waals surface area contributed by atoms with E-state index in [-0.39, 0.29) is 23.1 Å². The van der Waals surface area contributed by atoms with Gasteiger partial charge in [0, 0.05) is 6.04 Å². The Balaban J connectivity index is 1.96. The van der Waals surface area contributed by atoms with Crippen molar-refractivity contribution in [3.63, 3.8) is 0 Å². The van der Waals surface area contributed by atoms with Crippen LogP contribution in [0.3, 0.4) is 0 Å². The van der Waals surface area contributed by atoms with Gasteiger partial charge in [-0.1, -0.05) is 18.2 Å². The van der Waals surface area contributed by atoms with Gasteiger partial charge in [-0.2, -0.15) is 13.2 Å².